The molecule has 0 heterocycles. The van der Waals surface area contributed by atoms with Crippen LogP contribution in [0.5, 0.6) is 0 Å². The number of carbonyl (C=O) groups is 1. The van der Waals surface area contributed by atoms with Crippen LogP contribution in [0, 0.1) is 5.92 Å². The number of aliphatic hydroxyl groups excluding tert-OH is 1. The molecule has 0 aliphatic rings. The first-order chi connectivity index (χ1) is 8.58. The molecule has 1 amide bonds. The normalized spacial score (nSPS) is 12.4. The van der Waals surface area contributed by atoms with Crippen LogP contribution in [0.2, 0.25) is 0 Å². The number of amides is 1. The van der Waals surface area contributed by atoms with Gasteiger partial charge in [0.15, 0.2) is 0 Å². The molecule has 0 aliphatic carbocycles. The lowest BCUT2D eigenvalue weighted by molar-refractivity contribution is -0.121. The van der Waals surface area contributed by atoms with Gasteiger partial charge in [0.2, 0.25) is 5.91 Å². The molecular weight excluding hydrogens is 226 g/mol. The maximum atomic E-state index is 11.5. The van der Waals surface area contributed by atoms with Crippen molar-refractivity contribution in [2.75, 3.05) is 6.54 Å². The molecule has 1 atom stereocenters. The van der Waals surface area contributed by atoms with Crippen molar-refractivity contribution in [3.05, 3.63) is 35.9 Å². The van der Waals surface area contributed by atoms with Crippen molar-refractivity contribution in [2.24, 2.45) is 5.92 Å². The van der Waals surface area contributed by atoms with E-state index in [9.17, 15) is 9.90 Å². The second-order valence-electron chi connectivity index (χ2n) is 5.08. The Morgan fingerprint density at radius 3 is 2.56 bits per heavy atom. The molecule has 1 aromatic carbocycles. The van der Waals surface area contributed by atoms with E-state index in [0.29, 0.717) is 25.3 Å². The molecule has 0 saturated heterocycles. The van der Waals surface area contributed by atoms with E-state index in [-0.39, 0.29) is 5.91 Å². The minimum absolute atomic E-state index is 0.0239. The molecule has 3 nitrogen and oxygen atoms in total. The molecule has 0 saturated carbocycles. The summed E-state index contributed by atoms with van der Waals surface area (Å²) in [6.45, 7) is 4.51. The molecule has 100 valence electrons. The smallest absolute Gasteiger partial charge is 0.220 e. The minimum atomic E-state index is -0.518. The number of carbonyl (C=O) groups excluding carboxylic acids is 1. The van der Waals surface area contributed by atoms with Gasteiger partial charge >= 0.3 is 0 Å². The second-order valence-corrected chi connectivity index (χ2v) is 5.08. The second kappa shape index (κ2) is 7.88. The first-order valence-electron chi connectivity index (χ1n) is 6.56. The van der Waals surface area contributed by atoms with Gasteiger partial charge in [0.05, 0.1) is 6.10 Å². The van der Waals surface area contributed by atoms with Crippen molar-refractivity contribution in [1.29, 1.82) is 0 Å². The van der Waals surface area contributed by atoms with Crippen molar-refractivity contribution in [2.45, 2.75) is 39.2 Å². The zero-order valence-corrected chi connectivity index (χ0v) is 11.2. The van der Waals surface area contributed by atoms with E-state index in [4.69, 9.17) is 0 Å². The monoisotopic (exact) mass is 249 g/mol. The predicted molar refractivity (Wildman–Crippen MR) is 73.2 cm³/mol. The van der Waals surface area contributed by atoms with Gasteiger partial charge in [-0.3, -0.25) is 4.79 Å². The molecule has 0 bridgehead atoms. The van der Waals surface area contributed by atoms with E-state index in [2.05, 4.69) is 19.2 Å². The molecule has 1 rings (SSSR count). The van der Waals surface area contributed by atoms with Crippen molar-refractivity contribution in [3.8, 4) is 0 Å². The highest BCUT2D eigenvalue weighted by atomic mass is 16.3. The fourth-order valence-corrected chi connectivity index (χ4v) is 1.70. The largest absolute Gasteiger partial charge is 0.391 e. The molecule has 0 aromatic heterocycles. The average molecular weight is 249 g/mol. The molecule has 3 heteroatoms. The van der Waals surface area contributed by atoms with Gasteiger partial charge < -0.3 is 10.4 Å². The van der Waals surface area contributed by atoms with E-state index < -0.39 is 6.10 Å². The summed E-state index contributed by atoms with van der Waals surface area (Å²) in [7, 11) is 0. The Labute approximate surface area is 109 Å². The zero-order valence-electron chi connectivity index (χ0n) is 11.2. The van der Waals surface area contributed by atoms with Crippen LogP contribution in [-0.4, -0.2) is 23.7 Å². The third-order valence-corrected chi connectivity index (χ3v) is 2.80. The van der Waals surface area contributed by atoms with Crippen LogP contribution in [0.1, 0.15) is 32.3 Å². The lowest BCUT2D eigenvalue weighted by Gasteiger charge is -2.12. The highest BCUT2D eigenvalue weighted by Gasteiger charge is 2.08. The SMILES string of the molecule is CC(C)CCC(=O)NC[C@H](O)Cc1ccccc1. The van der Waals surface area contributed by atoms with E-state index in [1.54, 1.807) is 0 Å². The Kier molecular flexibility index (Phi) is 6.44. The van der Waals surface area contributed by atoms with Gasteiger partial charge in [0.1, 0.15) is 0 Å². The van der Waals surface area contributed by atoms with Crippen molar-refractivity contribution in [3.63, 3.8) is 0 Å². The van der Waals surface area contributed by atoms with Crippen LogP contribution in [0.4, 0.5) is 0 Å². The van der Waals surface area contributed by atoms with E-state index in [1.165, 1.54) is 0 Å². The standard InChI is InChI=1S/C15H23NO2/c1-12(2)8-9-15(18)16-11-14(17)10-13-6-4-3-5-7-13/h3-7,12,14,17H,8-11H2,1-2H3,(H,16,18)/t14-/m1/s1. The summed E-state index contributed by atoms with van der Waals surface area (Å²) in [6.07, 6.45) is 1.48. The van der Waals surface area contributed by atoms with Gasteiger partial charge in [-0.05, 0) is 17.9 Å². The number of benzene rings is 1. The average Bonchev–Trinajstić information content (AvgIpc) is 2.35. The number of aliphatic hydroxyl groups is 1. The van der Waals surface area contributed by atoms with Crippen LogP contribution in [0.15, 0.2) is 30.3 Å². The minimum Gasteiger partial charge on any atom is -0.391 e. The molecule has 2 N–H and O–H groups in total. The van der Waals surface area contributed by atoms with E-state index in [1.807, 2.05) is 30.3 Å². The van der Waals surface area contributed by atoms with Crippen LogP contribution < -0.4 is 5.32 Å². The van der Waals surface area contributed by atoms with Crippen LogP contribution in [-0.2, 0) is 11.2 Å². The summed E-state index contributed by atoms with van der Waals surface area (Å²) >= 11 is 0. The first kappa shape index (κ1) is 14.7. The lowest BCUT2D eigenvalue weighted by Crippen LogP contribution is -2.33. The van der Waals surface area contributed by atoms with Gasteiger partial charge in [-0.15, -0.1) is 0 Å². The maximum absolute atomic E-state index is 11.5. The Bertz CT molecular complexity index is 349. The van der Waals surface area contributed by atoms with Gasteiger partial charge in [-0.2, -0.15) is 0 Å². The Balaban J connectivity index is 2.21. The molecule has 1 aromatic rings. The molecule has 0 spiro atoms. The lowest BCUT2D eigenvalue weighted by atomic mass is 10.1. The molecule has 0 aliphatic heterocycles. The summed E-state index contributed by atoms with van der Waals surface area (Å²) < 4.78 is 0. The molecular formula is C15H23NO2. The maximum Gasteiger partial charge on any atom is 0.220 e. The van der Waals surface area contributed by atoms with Crippen molar-refractivity contribution >= 4 is 5.91 Å². The molecule has 0 unspecified atom stereocenters. The van der Waals surface area contributed by atoms with E-state index in [0.717, 1.165) is 12.0 Å². The number of nitrogens with one attached hydrogen (secondary N) is 1. The first-order valence-corrected chi connectivity index (χ1v) is 6.56. The third kappa shape index (κ3) is 6.40. The van der Waals surface area contributed by atoms with Gasteiger partial charge in [0.25, 0.3) is 0 Å². The molecule has 0 fully saturated rings. The summed E-state index contributed by atoms with van der Waals surface area (Å²) in [5.74, 6) is 0.556. The van der Waals surface area contributed by atoms with Crippen molar-refractivity contribution in [1.82, 2.24) is 5.32 Å². The summed E-state index contributed by atoms with van der Waals surface area (Å²) in [4.78, 5) is 11.5. The molecule has 0 radical (unpaired) electrons. The van der Waals surface area contributed by atoms with Crippen LogP contribution in [0.3, 0.4) is 0 Å². The Morgan fingerprint density at radius 2 is 1.94 bits per heavy atom. The Hall–Kier alpha value is -1.35. The fraction of sp³-hybridized carbons (Fsp3) is 0.533. The van der Waals surface area contributed by atoms with Gasteiger partial charge in [0, 0.05) is 19.4 Å². The highest BCUT2D eigenvalue weighted by Crippen LogP contribution is 2.04. The summed E-state index contributed by atoms with van der Waals surface area (Å²) in [5, 5.41) is 12.6. The van der Waals surface area contributed by atoms with E-state index >= 15 is 0 Å². The molecule has 18 heavy (non-hydrogen) atoms. The Morgan fingerprint density at radius 1 is 1.28 bits per heavy atom. The number of rotatable bonds is 7. The van der Waals surface area contributed by atoms with Crippen molar-refractivity contribution < 1.29 is 9.90 Å². The predicted octanol–water partition coefficient (Wildman–Crippen LogP) is 2.14. The summed E-state index contributed by atoms with van der Waals surface area (Å²) in [6, 6.07) is 9.80. The number of hydrogen-bond acceptors (Lipinski definition) is 2. The third-order valence-electron chi connectivity index (χ3n) is 2.80. The topological polar surface area (TPSA) is 49.3 Å². The van der Waals surface area contributed by atoms with Gasteiger partial charge in [-0.25, -0.2) is 0 Å². The van der Waals surface area contributed by atoms with Crippen LogP contribution in [0.25, 0.3) is 0 Å². The fourth-order valence-electron chi connectivity index (χ4n) is 1.70. The number of hydrogen-bond donors (Lipinski definition) is 2. The van der Waals surface area contributed by atoms with Gasteiger partial charge in [-0.1, -0.05) is 44.2 Å². The van der Waals surface area contributed by atoms with Crippen LogP contribution >= 0.6 is 0 Å². The highest BCUT2D eigenvalue weighted by molar-refractivity contribution is 5.75. The quantitative estimate of drug-likeness (QED) is 0.778. The zero-order chi connectivity index (χ0) is 13.4. The summed E-state index contributed by atoms with van der Waals surface area (Å²) in [5.41, 5.74) is 1.08.